The van der Waals surface area contributed by atoms with E-state index in [9.17, 15) is 4.79 Å². The van der Waals surface area contributed by atoms with Crippen LogP contribution >= 0.6 is 0 Å². The van der Waals surface area contributed by atoms with Crippen molar-refractivity contribution >= 4 is 12.2 Å². The van der Waals surface area contributed by atoms with E-state index in [4.69, 9.17) is 4.74 Å². The Hall–Kier alpha value is -1.12. The van der Waals surface area contributed by atoms with Crippen molar-refractivity contribution in [3.63, 3.8) is 0 Å². The van der Waals surface area contributed by atoms with Crippen LogP contribution in [0.5, 0.6) is 0 Å². The lowest BCUT2D eigenvalue weighted by Gasteiger charge is -2.06. The maximum atomic E-state index is 11.1. The fourth-order valence-corrected chi connectivity index (χ4v) is 0.923. The van der Waals surface area contributed by atoms with Crippen LogP contribution in [0.1, 0.15) is 13.8 Å². The van der Waals surface area contributed by atoms with E-state index < -0.39 is 0 Å². The Kier molecular flexibility index (Phi) is 2.41. The van der Waals surface area contributed by atoms with E-state index in [0.29, 0.717) is 6.61 Å². The molecule has 1 atom stereocenters. The van der Waals surface area contributed by atoms with E-state index in [1.165, 1.54) is 0 Å². The number of ether oxygens (including phenoxy) is 1. The molecule has 0 bridgehead atoms. The predicted octanol–water partition coefficient (Wildman–Crippen LogP) is 1.15. The lowest BCUT2D eigenvalue weighted by Crippen LogP contribution is -2.18. The third kappa shape index (κ3) is 1.67. The lowest BCUT2D eigenvalue weighted by atomic mass is 10.1. The van der Waals surface area contributed by atoms with Gasteiger partial charge in [0, 0.05) is 12.4 Å². The van der Waals surface area contributed by atoms with E-state index in [2.05, 4.69) is 4.99 Å². The quantitative estimate of drug-likeness (QED) is 0.558. The van der Waals surface area contributed by atoms with Gasteiger partial charge in [0.05, 0.1) is 6.61 Å². The Morgan fingerprint density at radius 1 is 1.82 bits per heavy atom. The van der Waals surface area contributed by atoms with Crippen molar-refractivity contribution in [2.24, 2.45) is 10.9 Å². The molecule has 0 saturated heterocycles. The van der Waals surface area contributed by atoms with Gasteiger partial charge in [-0.25, -0.2) is 0 Å². The van der Waals surface area contributed by atoms with Gasteiger partial charge in [-0.15, -0.1) is 0 Å². The molecule has 11 heavy (non-hydrogen) atoms. The van der Waals surface area contributed by atoms with Crippen LogP contribution in [0.2, 0.25) is 0 Å². The zero-order chi connectivity index (χ0) is 8.27. The van der Waals surface area contributed by atoms with E-state index >= 15 is 0 Å². The van der Waals surface area contributed by atoms with Gasteiger partial charge in [-0.05, 0) is 19.4 Å². The molecule has 1 rings (SSSR count). The van der Waals surface area contributed by atoms with Gasteiger partial charge in [-0.1, -0.05) is 0 Å². The van der Waals surface area contributed by atoms with Crippen LogP contribution in [-0.2, 0) is 9.53 Å². The number of esters is 1. The van der Waals surface area contributed by atoms with Gasteiger partial charge in [0.1, 0.15) is 5.92 Å². The first-order valence-electron chi connectivity index (χ1n) is 3.62. The molecular formula is C8H11NO2. The number of aliphatic imine (C=N–C) groups is 1. The van der Waals surface area contributed by atoms with Crippen LogP contribution in [0.15, 0.2) is 16.8 Å². The van der Waals surface area contributed by atoms with Gasteiger partial charge in [0.25, 0.3) is 0 Å². The molecule has 0 fully saturated rings. The normalized spacial score (nSPS) is 21.6. The summed E-state index contributed by atoms with van der Waals surface area (Å²) in [4.78, 5) is 15.0. The summed E-state index contributed by atoms with van der Waals surface area (Å²) in [5, 5.41) is 0. The molecule has 1 heterocycles. The second-order valence-corrected chi connectivity index (χ2v) is 2.40. The molecule has 0 aromatic heterocycles. The van der Waals surface area contributed by atoms with Crippen molar-refractivity contribution in [1.29, 1.82) is 0 Å². The van der Waals surface area contributed by atoms with Crippen molar-refractivity contribution in [3.8, 4) is 0 Å². The molecule has 1 unspecified atom stereocenters. The third-order valence-corrected chi connectivity index (χ3v) is 1.54. The van der Waals surface area contributed by atoms with Crippen LogP contribution < -0.4 is 0 Å². The highest BCUT2D eigenvalue weighted by molar-refractivity contribution is 5.94. The van der Waals surface area contributed by atoms with E-state index in [1.54, 1.807) is 19.3 Å². The second kappa shape index (κ2) is 3.32. The number of carbonyl (C=O) groups excluding carboxylic acids is 1. The Morgan fingerprint density at radius 3 is 3.00 bits per heavy atom. The van der Waals surface area contributed by atoms with E-state index in [0.717, 1.165) is 5.57 Å². The van der Waals surface area contributed by atoms with E-state index in [1.807, 2.05) is 6.92 Å². The standard InChI is InChI=1S/C8H11NO2/c1-3-11-8(10)7-5-9-4-6(7)2/h4-5,7H,3H2,1-2H3. The Morgan fingerprint density at radius 2 is 2.55 bits per heavy atom. The van der Waals surface area contributed by atoms with Crippen LogP contribution in [0.25, 0.3) is 0 Å². The van der Waals surface area contributed by atoms with Crippen molar-refractivity contribution in [2.75, 3.05) is 6.61 Å². The van der Waals surface area contributed by atoms with Crippen molar-refractivity contribution in [3.05, 3.63) is 11.8 Å². The minimum Gasteiger partial charge on any atom is -0.465 e. The van der Waals surface area contributed by atoms with Crippen molar-refractivity contribution in [1.82, 2.24) is 0 Å². The molecule has 0 aromatic rings. The number of rotatable bonds is 2. The third-order valence-electron chi connectivity index (χ3n) is 1.54. The zero-order valence-corrected chi connectivity index (χ0v) is 6.70. The molecule has 1 aliphatic rings. The fraction of sp³-hybridized carbons (Fsp3) is 0.500. The molecule has 3 heteroatoms. The highest BCUT2D eigenvalue weighted by atomic mass is 16.5. The van der Waals surface area contributed by atoms with Crippen LogP contribution in [-0.4, -0.2) is 18.8 Å². The number of hydrogen-bond donors (Lipinski definition) is 0. The molecule has 3 nitrogen and oxygen atoms in total. The summed E-state index contributed by atoms with van der Waals surface area (Å²) >= 11 is 0. The predicted molar refractivity (Wildman–Crippen MR) is 42.4 cm³/mol. The maximum absolute atomic E-state index is 11.1. The van der Waals surface area contributed by atoms with Crippen molar-refractivity contribution < 1.29 is 9.53 Å². The monoisotopic (exact) mass is 153 g/mol. The first kappa shape index (κ1) is 7.98. The summed E-state index contributed by atoms with van der Waals surface area (Å²) < 4.78 is 4.83. The molecular weight excluding hydrogens is 142 g/mol. The smallest absolute Gasteiger partial charge is 0.318 e. The average molecular weight is 153 g/mol. The second-order valence-electron chi connectivity index (χ2n) is 2.40. The first-order valence-corrected chi connectivity index (χ1v) is 3.62. The fourth-order valence-electron chi connectivity index (χ4n) is 0.923. The van der Waals surface area contributed by atoms with Gasteiger partial charge < -0.3 is 4.74 Å². The molecule has 0 saturated carbocycles. The summed E-state index contributed by atoms with van der Waals surface area (Å²) in [6.07, 6.45) is 3.29. The zero-order valence-electron chi connectivity index (χ0n) is 6.70. The van der Waals surface area contributed by atoms with Gasteiger partial charge in [0.2, 0.25) is 0 Å². The average Bonchev–Trinajstić information content (AvgIpc) is 2.36. The molecule has 0 aliphatic carbocycles. The highest BCUT2D eigenvalue weighted by Crippen LogP contribution is 2.15. The summed E-state index contributed by atoms with van der Waals surface area (Å²) in [5.41, 5.74) is 0.948. The lowest BCUT2D eigenvalue weighted by molar-refractivity contribution is -0.144. The number of hydrogen-bond acceptors (Lipinski definition) is 3. The number of carbonyl (C=O) groups is 1. The Balaban J connectivity index is 2.55. The van der Waals surface area contributed by atoms with Crippen LogP contribution in [0.3, 0.4) is 0 Å². The largest absolute Gasteiger partial charge is 0.465 e. The maximum Gasteiger partial charge on any atom is 0.318 e. The van der Waals surface area contributed by atoms with Gasteiger partial charge in [-0.2, -0.15) is 0 Å². The molecule has 0 radical (unpaired) electrons. The molecule has 1 aliphatic heterocycles. The molecule has 0 amide bonds. The van der Waals surface area contributed by atoms with Crippen molar-refractivity contribution in [2.45, 2.75) is 13.8 Å². The Labute approximate surface area is 65.8 Å². The summed E-state index contributed by atoms with van der Waals surface area (Å²) in [7, 11) is 0. The van der Waals surface area contributed by atoms with Gasteiger partial charge in [0.15, 0.2) is 0 Å². The van der Waals surface area contributed by atoms with E-state index in [-0.39, 0.29) is 11.9 Å². The molecule has 0 N–H and O–H groups in total. The highest BCUT2D eigenvalue weighted by Gasteiger charge is 2.21. The minimum absolute atomic E-state index is 0.206. The molecule has 60 valence electrons. The van der Waals surface area contributed by atoms with Gasteiger partial charge in [-0.3, -0.25) is 9.79 Å². The van der Waals surface area contributed by atoms with Crippen LogP contribution in [0.4, 0.5) is 0 Å². The van der Waals surface area contributed by atoms with Gasteiger partial charge >= 0.3 is 5.97 Å². The summed E-state index contributed by atoms with van der Waals surface area (Å²) in [6, 6.07) is 0. The molecule has 0 spiro atoms. The number of nitrogens with zero attached hydrogens (tertiary/aromatic N) is 1. The summed E-state index contributed by atoms with van der Waals surface area (Å²) in [6.45, 7) is 4.09. The van der Waals surface area contributed by atoms with Crippen LogP contribution in [0, 0.1) is 5.92 Å². The topological polar surface area (TPSA) is 38.7 Å². The molecule has 0 aromatic carbocycles. The SMILES string of the molecule is CCOC(=O)C1C=NC=C1C. The Bertz CT molecular complexity index is 218. The summed E-state index contributed by atoms with van der Waals surface area (Å²) in [5.74, 6) is -0.447. The minimum atomic E-state index is -0.241. The first-order chi connectivity index (χ1) is 5.25.